The number of aliphatic hydroxyl groups is 1. The predicted molar refractivity (Wildman–Crippen MR) is 175 cm³/mol. The van der Waals surface area contributed by atoms with Gasteiger partial charge in [0, 0.05) is 17.6 Å². The molecule has 2 aliphatic carbocycles. The van der Waals surface area contributed by atoms with Crippen LogP contribution >= 0.6 is 0 Å². The van der Waals surface area contributed by atoms with Crippen LogP contribution in [0.1, 0.15) is 104 Å². The molecule has 0 radical (unpaired) electrons. The van der Waals surface area contributed by atoms with Crippen molar-refractivity contribution >= 4 is 17.3 Å². The molecule has 1 aliphatic heterocycles. The van der Waals surface area contributed by atoms with Gasteiger partial charge in [-0.15, -0.1) is 6.58 Å². The summed E-state index contributed by atoms with van der Waals surface area (Å²) in [6.45, 7) is 23.2. The van der Waals surface area contributed by atoms with Crippen LogP contribution in [0.2, 0.25) is 0 Å². The van der Waals surface area contributed by atoms with Gasteiger partial charge in [-0.1, -0.05) is 43.2 Å². The monoisotopic (exact) mass is 618 g/mol. The summed E-state index contributed by atoms with van der Waals surface area (Å²) in [4.78, 5) is 45.2. The maximum Gasteiger partial charge on any atom is 0.184 e. The summed E-state index contributed by atoms with van der Waals surface area (Å²) in [6, 6.07) is 3.78. The summed E-state index contributed by atoms with van der Waals surface area (Å²) < 4.78 is 6.45. The minimum atomic E-state index is -1.92. The van der Waals surface area contributed by atoms with Gasteiger partial charge >= 0.3 is 0 Å². The number of rotatable bonds is 11. The molecular weight excluding hydrogens is 568 g/mol. The highest BCUT2D eigenvalue weighted by Crippen LogP contribution is 2.69. The molecule has 244 valence electrons. The molecule has 1 saturated carbocycles. The third-order valence-electron chi connectivity index (χ3n) is 10.7. The van der Waals surface area contributed by atoms with Crippen molar-refractivity contribution in [1.82, 2.24) is 0 Å². The van der Waals surface area contributed by atoms with Gasteiger partial charge in [-0.2, -0.15) is 0 Å². The quantitative estimate of drug-likeness (QED) is 0.101. The summed E-state index contributed by atoms with van der Waals surface area (Å²) >= 11 is 0. The van der Waals surface area contributed by atoms with Gasteiger partial charge in [0.2, 0.25) is 0 Å². The molecule has 7 heteroatoms. The number of benzene rings is 1. The number of hydrogen-bond acceptors (Lipinski definition) is 7. The molecule has 3 aliphatic rings. The average molecular weight is 619 g/mol. The fraction of sp³-hybridized carbons (Fsp3) is 0.553. The molecule has 0 spiro atoms. The lowest BCUT2D eigenvalue weighted by Crippen LogP contribution is -2.68. The Kier molecular flexibility index (Phi) is 8.97. The van der Waals surface area contributed by atoms with Crippen LogP contribution in [0.5, 0.6) is 11.5 Å². The van der Waals surface area contributed by atoms with Crippen LogP contribution in [-0.4, -0.2) is 44.4 Å². The van der Waals surface area contributed by atoms with Crippen LogP contribution in [0.3, 0.4) is 0 Å². The third-order valence-corrected chi connectivity index (χ3v) is 10.7. The maximum absolute atomic E-state index is 15.3. The van der Waals surface area contributed by atoms with Gasteiger partial charge in [0.15, 0.2) is 34.3 Å². The summed E-state index contributed by atoms with van der Waals surface area (Å²) in [5, 5.41) is 31.5. The number of hydrogen-bond donors (Lipinski definition) is 3. The highest BCUT2D eigenvalue weighted by Gasteiger charge is 2.76. The molecular formula is C38H50O7. The van der Waals surface area contributed by atoms with E-state index in [4.69, 9.17) is 4.74 Å². The molecule has 1 heterocycles. The van der Waals surface area contributed by atoms with Crippen LogP contribution in [0.4, 0.5) is 0 Å². The number of phenols is 2. The first-order valence-corrected chi connectivity index (χ1v) is 15.9. The van der Waals surface area contributed by atoms with Gasteiger partial charge in [0.25, 0.3) is 0 Å². The molecule has 2 bridgehead atoms. The fourth-order valence-corrected chi connectivity index (χ4v) is 7.78. The van der Waals surface area contributed by atoms with Gasteiger partial charge in [-0.3, -0.25) is 14.4 Å². The molecule has 1 aromatic rings. The third kappa shape index (κ3) is 5.51. The first-order valence-electron chi connectivity index (χ1n) is 15.9. The number of carbonyl (C=O) groups is 3. The predicted octanol–water partition coefficient (Wildman–Crippen LogP) is 7.56. The van der Waals surface area contributed by atoms with E-state index < -0.39 is 51.0 Å². The molecule has 4 rings (SSSR count). The lowest BCUT2D eigenvalue weighted by molar-refractivity contribution is -0.166. The zero-order valence-electron chi connectivity index (χ0n) is 28.2. The number of ether oxygens (including phenoxy) is 1. The van der Waals surface area contributed by atoms with Crippen molar-refractivity contribution in [2.75, 3.05) is 0 Å². The summed E-state index contributed by atoms with van der Waals surface area (Å²) in [7, 11) is 0. The topological polar surface area (TPSA) is 121 Å². The minimum absolute atomic E-state index is 0.0264. The summed E-state index contributed by atoms with van der Waals surface area (Å²) in [5.74, 6) is -2.52. The van der Waals surface area contributed by atoms with E-state index in [9.17, 15) is 20.1 Å². The molecule has 0 unspecified atom stereocenters. The molecule has 0 saturated heterocycles. The highest BCUT2D eigenvalue weighted by atomic mass is 16.5. The van der Waals surface area contributed by atoms with Crippen LogP contribution < -0.4 is 0 Å². The van der Waals surface area contributed by atoms with Crippen LogP contribution in [0, 0.1) is 28.1 Å². The lowest BCUT2D eigenvalue weighted by Gasteiger charge is -2.60. The molecule has 7 nitrogen and oxygen atoms in total. The van der Waals surface area contributed by atoms with Gasteiger partial charge in [0.1, 0.15) is 11.9 Å². The van der Waals surface area contributed by atoms with Crippen molar-refractivity contribution in [2.24, 2.45) is 28.1 Å². The summed E-state index contributed by atoms with van der Waals surface area (Å²) in [5.41, 5.74) is -2.56. The van der Waals surface area contributed by atoms with Crippen molar-refractivity contribution in [1.29, 1.82) is 0 Å². The zero-order valence-corrected chi connectivity index (χ0v) is 28.2. The Morgan fingerprint density at radius 2 is 1.76 bits per heavy atom. The molecule has 0 aromatic heterocycles. The molecule has 1 fully saturated rings. The first-order chi connectivity index (χ1) is 20.7. The number of ketones is 3. The second kappa shape index (κ2) is 11.7. The van der Waals surface area contributed by atoms with E-state index in [-0.39, 0.29) is 53.8 Å². The van der Waals surface area contributed by atoms with Gasteiger partial charge < -0.3 is 20.1 Å². The van der Waals surface area contributed by atoms with Gasteiger partial charge in [0.05, 0.1) is 11.0 Å². The van der Waals surface area contributed by atoms with Crippen LogP contribution in [-0.2, 0) is 14.3 Å². The van der Waals surface area contributed by atoms with Crippen molar-refractivity contribution < 1.29 is 34.4 Å². The molecule has 5 atom stereocenters. The van der Waals surface area contributed by atoms with E-state index in [0.29, 0.717) is 6.42 Å². The normalized spacial score (nSPS) is 27.8. The van der Waals surface area contributed by atoms with Gasteiger partial charge in [-0.25, -0.2) is 0 Å². The van der Waals surface area contributed by atoms with E-state index in [1.54, 1.807) is 13.8 Å². The smallest absolute Gasteiger partial charge is 0.184 e. The molecule has 0 amide bonds. The van der Waals surface area contributed by atoms with Crippen molar-refractivity contribution in [3.05, 3.63) is 71.0 Å². The van der Waals surface area contributed by atoms with E-state index in [1.807, 2.05) is 47.6 Å². The first kappa shape index (κ1) is 34.4. The summed E-state index contributed by atoms with van der Waals surface area (Å²) in [6.07, 6.45) is 3.74. The minimum Gasteiger partial charge on any atom is -0.504 e. The van der Waals surface area contributed by atoms with Crippen molar-refractivity contribution in [2.45, 2.75) is 106 Å². The number of aromatic hydroxyl groups is 2. The SMILES string of the molecule is C=C(C)CC[C@H](C[C@@H]1C[C@]2(CC=C(C)C)C(=O)C3=C(O[C@H](C(C)(C)O)C3)[C@@](C(=O)c3ccc(O)c(O)c3)(C2=O)C1(C)C)C(=C)C. The largest absolute Gasteiger partial charge is 0.504 e. The fourth-order valence-electron chi connectivity index (χ4n) is 7.78. The molecule has 45 heavy (non-hydrogen) atoms. The van der Waals surface area contributed by atoms with E-state index in [1.165, 1.54) is 18.2 Å². The lowest BCUT2D eigenvalue weighted by atomic mass is 9.39. The number of Topliss-reactive ketones (excluding diaryl/α,β-unsaturated/α-hetero) is 3. The van der Waals surface area contributed by atoms with Crippen molar-refractivity contribution in [3.8, 4) is 11.5 Å². The number of carbonyl (C=O) groups excluding carboxylic acids is 3. The number of fused-ring (bicyclic) bond motifs is 3. The number of phenolic OH excluding ortho intramolecular Hbond substituents is 2. The Morgan fingerprint density at radius 1 is 1.11 bits per heavy atom. The Morgan fingerprint density at radius 3 is 2.29 bits per heavy atom. The standard InChI is InChI=1S/C38H50O7/c1-21(2)11-12-24(23(5)6)17-26-20-37(16-15-22(3)4)32(42)27-19-30(36(9,10)44)45-33(27)38(34(37)43,35(26,7)8)31(41)25-13-14-28(39)29(40)18-25/h13-15,18,24,26,30,39-40,44H,1,5,11-12,16-17,19-20H2,2-4,6-10H3/t24-,26-,30+,37-,38+/m1/s1. The van der Waals surface area contributed by atoms with Crippen molar-refractivity contribution in [3.63, 3.8) is 0 Å². The Balaban J connectivity index is 2.05. The Labute approximate surface area is 267 Å². The molecule has 1 aromatic carbocycles. The van der Waals surface area contributed by atoms with Crippen LogP contribution in [0.25, 0.3) is 0 Å². The van der Waals surface area contributed by atoms with Gasteiger partial charge in [-0.05, 0) is 109 Å². The highest BCUT2D eigenvalue weighted by molar-refractivity contribution is 6.30. The van der Waals surface area contributed by atoms with E-state index in [0.717, 1.165) is 29.6 Å². The van der Waals surface area contributed by atoms with E-state index in [2.05, 4.69) is 13.2 Å². The number of allylic oxidation sites excluding steroid dienone is 5. The Hall–Kier alpha value is -3.45. The van der Waals surface area contributed by atoms with E-state index >= 15 is 9.59 Å². The Bertz CT molecular complexity index is 1510. The average Bonchev–Trinajstić information content (AvgIpc) is 3.38. The molecule has 3 N–H and O–H groups in total. The second-order valence-electron chi connectivity index (χ2n) is 15.2. The second-order valence-corrected chi connectivity index (χ2v) is 15.2. The van der Waals surface area contributed by atoms with Crippen LogP contribution in [0.15, 0.2) is 65.5 Å². The zero-order chi connectivity index (χ0) is 33.9. The maximum atomic E-state index is 15.3.